The van der Waals surface area contributed by atoms with Crippen molar-refractivity contribution in [2.45, 2.75) is 20.3 Å². The minimum atomic E-state index is -0.400. The van der Waals surface area contributed by atoms with Crippen LogP contribution in [0.4, 0.5) is 11.4 Å². The van der Waals surface area contributed by atoms with Crippen LogP contribution in [-0.4, -0.2) is 54.3 Å². The first-order valence-electron chi connectivity index (χ1n) is 13.0. The fourth-order valence-electron chi connectivity index (χ4n) is 5.01. The van der Waals surface area contributed by atoms with E-state index in [2.05, 4.69) is 5.32 Å². The van der Waals surface area contributed by atoms with Crippen LogP contribution in [0.15, 0.2) is 65.6 Å². The van der Waals surface area contributed by atoms with Crippen LogP contribution in [0.5, 0.6) is 11.5 Å². The van der Waals surface area contributed by atoms with Crippen molar-refractivity contribution >= 4 is 63.0 Å². The molecule has 0 aromatic heterocycles. The third-order valence-corrected chi connectivity index (χ3v) is 8.57. The van der Waals surface area contributed by atoms with E-state index in [4.69, 9.17) is 21.7 Å². The van der Waals surface area contributed by atoms with Crippen molar-refractivity contribution in [3.63, 3.8) is 0 Å². The highest BCUT2D eigenvalue weighted by molar-refractivity contribution is 8.26. The Balaban J connectivity index is 1.37. The van der Waals surface area contributed by atoms with Gasteiger partial charge in [-0.2, -0.15) is 0 Å². The zero-order valence-electron chi connectivity index (χ0n) is 23.1. The van der Waals surface area contributed by atoms with E-state index < -0.39 is 5.91 Å². The summed E-state index contributed by atoms with van der Waals surface area (Å²) in [5.41, 5.74) is 5.01. The maximum Gasteiger partial charge on any atom is 0.267 e. The Bertz CT molecular complexity index is 1600. The molecule has 0 unspecified atom stereocenters. The first kappa shape index (κ1) is 28.4. The maximum atomic E-state index is 13.8. The number of fused-ring (bicyclic) bond motifs is 1. The number of hydrogen-bond acceptors (Lipinski definition) is 7. The molecule has 10 heteroatoms. The molecular weight excluding hydrogens is 558 g/mol. The monoisotopic (exact) mass is 587 g/mol. The van der Waals surface area contributed by atoms with Crippen LogP contribution in [0.1, 0.15) is 22.3 Å². The number of rotatable bonds is 8. The van der Waals surface area contributed by atoms with Crippen LogP contribution in [-0.2, 0) is 20.8 Å². The Labute approximate surface area is 248 Å². The number of amides is 3. The lowest BCUT2D eigenvalue weighted by atomic mass is 10.1. The predicted molar refractivity (Wildman–Crippen MR) is 165 cm³/mol. The molecule has 3 amide bonds. The number of methoxy groups -OCH3 is 2. The number of benzene rings is 3. The number of carbonyl (C=O) groups is 3. The third-order valence-electron chi connectivity index (χ3n) is 7.12. The second-order valence-electron chi connectivity index (χ2n) is 9.69. The molecule has 0 spiro atoms. The molecule has 8 nitrogen and oxygen atoms in total. The predicted octanol–water partition coefficient (Wildman–Crippen LogP) is 5.12. The van der Waals surface area contributed by atoms with Gasteiger partial charge in [-0.15, -0.1) is 0 Å². The number of thiocarbonyl (C=S) groups is 1. The van der Waals surface area contributed by atoms with Crippen molar-refractivity contribution in [1.82, 2.24) is 4.90 Å². The number of aryl methyl sites for hydroxylation is 2. The van der Waals surface area contributed by atoms with E-state index in [0.717, 1.165) is 34.1 Å². The Morgan fingerprint density at radius 2 is 1.61 bits per heavy atom. The number of nitrogens with zero attached hydrogens (tertiary/aromatic N) is 2. The van der Waals surface area contributed by atoms with Crippen molar-refractivity contribution in [2.75, 3.05) is 37.5 Å². The largest absolute Gasteiger partial charge is 0.493 e. The van der Waals surface area contributed by atoms with Gasteiger partial charge in [0.1, 0.15) is 10.9 Å². The summed E-state index contributed by atoms with van der Waals surface area (Å²) >= 11 is 6.69. The fraction of sp³-hybridized carbons (Fsp3) is 0.226. The molecule has 2 heterocycles. The van der Waals surface area contributed by atoms with Gasteiger partial charge in [-0.25, -0.2) is 0 Å². The average molecular weight is 588 g/mol. The summed E-state index contributed by atoms with van der Waals surface area (Å²) in [5.74, 6) is 0.183. The molecular formula is C31H29N3O5S2. The highest BCUT2D eigenvalue weighted by atomic mass is 32.2. The second kappa shape index (κ2) is 11.8. The minimum Gasteiger partial charge on any atom is -0.493 e. The second-order valence-corrected chi connectivity index (χ2v) is 11.3. The molecule has 1 saturated heterocycles. The number of nitrogens with one attached hydrogen (secondary N) is 1. The highest BCUT2D eigenvalue weighted by Crippen LogP contribution is 2.44. The topological polar surface area (TPSA) is 88.2 Å². The van der Waals surface area contributed by atoms with Gasteiger partial charge in [0, 0.05) is 17.8 Å². The third kappa shape index (κ3) is 5.45. The van der Waals surface area contributed by atoms with Crippen molar-refractivity contribution < 1.29 is 23.9 Å². The van der Waals surface area contributed by atoms with Gasteiger partial charge >= 0.3 is 0 Å². The molecule has 3 aromatic carbocycles. The first-order chi connectivity index (χ1) is 19.7. The van der Waals surface area contributed by atoms with Crippen molar-refractivity contribution in [3.05, 3.63) is 87.8 Å². The summed E-state index contributed by atoms with van der Waals surface area (Å²) < 4.78 is 11.1. The molecule has 0 bridgehead atoms. The quantitative estimate of drug-likeness (QED) is 0.289. The van der Waals surface area contributed by atoms with Gasteiger partial charge in [0.15, 0.2) is 11.5 Å². The van der Waals surface area contributed by atoms with Gasteiger partial charge in [-0.3, -0.25) is 24.2 Å². The molecule has 1 fully saturated rings. The summed E-state index contributed by atoms with van der Waals surface area (Å²) in [6.45, 7) is 4.00. The molecule has 5 rings (SSSR count). The van der Waals surface area contributed by atoms with Gasteiger partial charge in [-0.05, 0) is 55.2 Å². The Morgan fingerprint density at radius 3 is 2.32 bits per heavy atom. The Morgan fingerprint density at radius 1 is 0.902 bits per heavy atom. The smallest absolute Gasteiger partial charge is 0.267 e. The minimum absolute atomic E-state index is 0.188. The summed E-state index contributed by atoms with van der Waals surface area (Å²) in [4.78, 5) is 43.7. The van der Waals surface area contributed by atoms with Crippen LogP contribution >= 0.6 is 24.0 Å². The van der Waals surface area contributed by atoms with E-state index in [-0.39, 0.29) is 28.8 Å². The zero-order valence-corrected chi connectivity index (χ0v) is 24.8. The van der Waals surface area contributed by atoms with Crippen LogP contribution in [0.3, 0.4) is 0 Å². The van der Waals surface area contributed by atoms with Crippen LogP contribution in [0.25, 0.3) is 5.57 Å². The molecule has 210 valence electrons. The van der Waals surface area contributed by atoms with Crippen LogP contribution < -0.4 is 19.7 Å². The van der Waals surface area contributed by atoms with Crippen molar-refractivity contribution in [1.29, 1.82) is 0 Å². The summed E-state index contributed by atoms with van der Waals surface area (Å²) in [6, 6.07) is 18.6. The standard InChI is InChI=1S/C31H29N3O5S2/c1-18-8-7-9-19(2)27(18)32-25(35)17-34-22-11-6-5-10-21(22)26(29(34)36)28-30(37)33(31(40)41-28)15-14-20-12-13-23(38-3)24(16-20)39-4/h5-13,16H,14-15,17H2,1-4H3,(H,32,35). The molecule has 0 radical (unpaired) electrons. The van der Waals surface area contributed by atoms with Gasteiger partial charge in [0.05, 0.1) is 30.4 Å². The lowest BCUT2D eigenvalue weighted by Gasteiger charge is -2.18. The number of carbonyl (C=O) groups excluding carboxylic acids is 3. The average Bonchev–Trinajstić information content (AvgIpc) is 3.40. The zero-order chi connectivity index (χ0) is 29.3. The van der Waals surface area contributed by atoms with E-state index in [9.17, 15) is 14.4 Å². The molecule has 0 aliphatic carbocycles. The normalized spacial score (nSPS) is 16.3. The number of thioether (sulfide) groups is 1. The van der Waals surface area contributed by atoms with Gasteiger partial charge in [0.25, 0.3) is 11.8 Å². The van der Waals surface area contributed by atoms with Crippen molar-refractivity contribution in [2.24, 2.45) is 0 Å². The van der Waals surface area contributed by atoms with E-state index in [1.807, 2.05) is 56.3 Å². The van der Waals surface area contributed by atoms with Crippen LogP contribution in [0, 0.1) is 13.8 Å². The molecule has 2 aliphatic heterocycles. The van der Waals surface area contributed by atoms with Gasteiger partial charge in [-0.1, -0.05) is 66.4 Å². The molecule has 0 saturated carbocycles. The number of ether oxygens (including phenoxy) is 2. The lowest BCUT2D eigenvalue weighted by molar-refractivity contribution is -0.122. The molecule has 41 heavy (non-hydrogen) atoms. The van der Waals surface area contributed by atoms with E-state index in [0.29, 0.717) is 40.0 Å². The van der Waals surface area contributed by atoms with Crippen molar-refractivity contribution in [3.8, 4) is 11.5 Å². The Hall–Kier alpha value is -4.15. The SMILES string of the molecule is COc1ccc(CCN2C(=O)C(=C3C(=O)N(CC(=O)Nc4c(C)cccc4C)c4ccccc43)SC2=S)cc1OC. The summed E-state index contributed by atoms with van der Waals surface area (Å²) in [5, 5.41) is 2.94. The summed E-state index contributed by atoms with van der Waals surface area (Å²) in [7, 11) is 3.15. The lowest BCUT2D eigenvalue weighted by Crippen LogP contribution is -2.36. The van der Waals surface area contributed by atoms with Crippen LogP contribution in [0.2, 0.25) is 0 Å². The van der Waals surface area contributed by atoms with E-state index >= 15 is 0 Å². The molecule has 1 N–H and O–H groups in total. The Kier molecular flexibility index (Phi) is 8.14. The molecule has 3 aromatic rings. The molecule has 2 aliphatic rings. The van der Waals surface area contributed by atoms with Gasteiger partial charge < -0.3 is 14.8 Å². The fourth-order valence-corrected chi connectivity index (χ4v) is 6.39. The van der Waals surface area contributed by atoms with E-state index in [1.54, 1.807) is 32.4 Å². The number of hydrogen-bond donors (Lipinski definition) is 1. The molecule has 0 atom stereocenters. The maximum absolute atomic E-state index is 13.8. The first-order valence-corrected chi connectivity index (χ1v) is 14.2. The van der Waals surface area contributed by atoms with Gasteiger partial charge in [0.2, 0.25) is 5.91 Å². The summed E-state index contributed by atoms with van der Waals surface area (Å²) in [6.07, 6.45) is 0.532. The highest BCUT2D eigenvalue weighted by Gasteiger charge is 2.42. The number of anilines is 2. The number of para-hydroxylation sites is 2. The van der Waals surface area contributed by atoms with E-state index in [1.165, 1.54) is 9.80 Å².